The van der Waals surface area contributed by atoms with Crippen molar-refractivity contribution in [2.24, 2.45) is 0 Å². The minimum absolute atomic E-state index is 0.0287. The number of aliphatic hydroxyl groups excluding tert-OH is 1. The number of benzene rings is 1. The molecular formula is C12H17ClN2O2S. The van der Waals surface area contributed by atoms with Gasteiger partial charge in [0, 0.05) is 10.9 Å². The molecule has 0 radical (unpaired) electrons. The van der Waals surface area contributed by atoms with Crippen molar-refractivity contribution in [2.75, 3.05) is 17.7 Å². The van der Waals surface area contributed by atoms with Crippen molar-refractivity contribution in [2.45, 2.75) is 24.3 Å². The maximum absolute atomic E-state index is 11.9. The molecular weight excluding hydrogens is 272 g/mol. The van der Waals surface area contributed by atoms with E-state index in [9.17, 15) is 4.79 Å². The first kappa shape index (κ1) is 15.1. The Morgan fingerprint density at radius 3 is 2.78 bits per heavy atom. The standard InChI is InChI=1S/C12H17ClN2O2S/c1-7(6-16)18-8(2)12(17)15-9-3-4-10(13)11(14)5-9/h3-5,7-8,16H,6,14H2,1-2H3,(H,15,17). The molecule has 1 amide bonds. The molecule has 0 fully saturated rings. The van der Waals surface area contributed by atoms with Crippen LogP contribution in [-0.2, 0) is 4.79 Å². The van der Waals surface area contributed by atoms with Crippen LogP contribution in [-0.4, -0.2) is 28.1 Å². The number of carbonyl (C=O) groups excluding carboxylic acids is 1. The maximum atomic E-state index is 11.9. The van der Waals surface area contributed by atoms with Crippen LogP contribution < -0.4 is 11.1 Å². The van der Waals surface area contributed by atoms with Crippen LogP contribution in [0.3, 0.4) is 0 Å². The van der Waals surface area contributed by atoms with E-state index < -0.39 is 0 Å². The van der Waals surface area contributed by atoms with Crippen molar-refractivity contribution < 1.29 is 9.90 Å². The zero-order valence-corrected chi connectivity index (χ0v) is 11.9. The number of nitrogen functional groups attached to an aromatic ring is 1. The Labute approximate surface area is 116 Å². The molecule has 0 aliphatic heterocycles. The second-order valence-electron chi connectivity index (χ2n) is 4.00. The molecule has 0 saturated heterocycles. The lowest BCUT2D eigenvalue weighted by molar-refractivity contribution is -0.115. The highest BCUT2D eigenvalue weighted by molar-refractivity contribution is 8.01. The predicted molar refractivity (Wildman–Crippen MR) is 78.1 cm³/mol. The van der Waals surface area contributed by atoms with E-state index >= 15 is 0 Å². The monoisotopic (exact) mass is 288 g/mol. The molecule has 6 heteroatoms. The van der Waals surface area contributed by atoms with Crippen LogP contribution in [0.5, 0.6) is 0 Å². The molecule has 0 bridgehead atoms. The van der Waals surface area contributed by atoms with Gasteiger partial charge in [-0.05, 0) is 25.1 Å². The Balaban J connectivity index is 2.61. The van der Waals surface area contributed by atoms with E-state index in [4.69, 9.17) is 22.4 Å². The molecule has 100 valence electrons. The summed E-state index contributed by atoms with van der Waals surface area (Å²) in [6.45, 7) is 3.72. The van der Waals surface area contributed by atoms with E-state index in [0.29, 0.717) is 16.4 Å². The third-order valence-corrected chi connectivity index (χ3v) is 3.91. The van der Waals surface area contributed by atoms with Crippen molar-refractivity contribution in [1.29, 1.82) is 0 Å². The van der Waals surface area contributed by atoms with Gasteiger partial charge in [-0.3, -0.25) is 4.79 Å². The van der Waals surface area contributed by atoms with Gasteiger partial charge >= 0.3 is 0 Å². The molecule has 4 nitrogen and oxygen atoms in total. The van der Waals surface area contributed by atoms with Crippen molar-refractivity contribution in [3.8, 4) is 0 Å². The highest BCUT2D eigenvalue weighted by Gasteiger charge is 2.16. The second-order valence-corrected chi connectivity index (χ2v) is 6.19. The third kappa shape index (κ3) is 4.40. The summed E-state index contributed by atoms with van der Waals surface area (Å²) in [7, 11) is 0. The van der Waals surface area contributed by atoms with Gasteiger partial charge in [0.05, 0.1) is 22.6 Å². The summed E-state index contributed by atoms with van der Waals surface area (Å²) in [6.07, 6.45) is 0. The SMILES string of the molecule is CC(CO)SC(C)C(=O)Nc1ccc(Cl)c(N)c1. The van der Waals surface area contributed by atoms with Crippen LogP contribution in [0.1, 0.15) is 13.8 Å². The Kier molecular flexibility index (Phi) is 5.78. The molecule has 0 saturated carbocycles. The number of halogens is 1. The number of nitrogens with one attached hydrogen (secondary N) is 1. The van der Waals surface area contributed by atoms with Crippen LogP contribution in [0.25, 0.3) is 0 Å². The number of amides is 1. The number of hydrogen-bond donors (Lipinski definition) is 3. The molecule has 1 rings (SSSR count). The molecule has 0 heterocycles. The summed E-state index contributed by atoms with van der Waals surface area (Å²) in [4.78, 5) is 11.9. The van der Waals surface area contributed by atoms with Gasteiger partial charge in [0.25, 0.3) is 0 Å². The zero-order valence-electron chi connectivity index (χ0n) is 10.3. The van der Waals surface area contributed by atoms with E-state index in [1.54, 1.807) is 25.1 Å². The maximum Gasteiger partial charge on any atom is 0.237 e. The van der Waals surface area contributed by atoms with Gasteiger partial charge in [0.15, 0.2) is 0 Å². The van der Waals surface area contributed by atoms with E-state index in [1.165, 1.54) is 11.8 Å². The normalized spacial score (nSPS) is 14.0. The van der Waals surface area contributed by atoms with Crippen molar-refractivity contribution in [1.82, 2.24) is 0 Å². The molecule has 2 atom stereocenters. The third-order valence-electron chi connectivity index (χ3n) is 2.33. The Morgan fingerprint density at radius 2 is 2.22 bits per heavy atom. The van der Waals surface area contributed by atoms with Crippen molar-refractivity contribution >= 4 is 40.6 Å². The molecule has 1 aromatic rings. The summed E-state index contributed by atoms with van der Waals surface area (Å²) >= 11 is 7.21. The Bertz CT molecular complexity index is 429. The lowest BCUT2D eigenvalue weighted by atomic mass is 10.2. The molecule has 18 heavy (non-hydrogen) atoms. The molecule has 0 aliphatic carbocycles. The van der Waals surface area contributed by atoms with Crippen LogP contribution >= 0.6 is 23.4 Å². The number of rotatable bonds is 5. The Morgan fingerprint density at radius 1 is 1.56 bits per heavy atom. The number of thioether (sulfide) groups is 1. The lowest BCUT2D eigenvalue weighted by Gasteiger charge is -2.15. The number of aliphatic hydroxyl groups is 1. The average molecular weight is 289 g/mol. The fraction of sp³-hybridized carbons (Fsp3) is 0.417. The average Bonchev–Trinajstić information content (AvgIpc) is 2.33. The summed E-state index contributed by atoms with van der Waals surface area (Å²) in [5, 5.41) is 11.9. The van der Waals surface area contributed by atoms with Gasteiger partial charge in [-0.1, -0.05) is 18.5 Å². The van der Waals surface area contributed by atoms with Crippen LogP contribution in [0, 0.1) is 0 Å². The van der Waals surface area contributed by atoms with Crippen LogP contribution in [0.15, 0.2) is 18.2 Å². The number of nitrogens with two attached hydrogens (primary N) is 1. The van der Waals surface area contributed by atoms with Crippen LogP contribution in [0.2, 0.25) is 5.02 Å². The smallest absolute Gasteiger partial charge is 0.237 e. The van der Waals surface area contributed by atoms with Gasteiger partial charge in [-0.25, -0.2) is 0 Å². The number of hydrogen-bond acceptors (Lipinski definition) is 4. The lowest BCUT2D eigenvalue weighted by Crippen LogP contribution is -2.25. The molecule has 0 spiro atoms. The predicted octanol–water partition coefficient (Wildman–Crippen LogP) is 2.36. The molecule has 0 aromatic heterocycles. The topological polar surface area (TPSA) is 75.3 Å². The molecule has 4 N–H and O–H groups in total. The van der Waals surface area contributed by atoms with Crippen molar-refractivity contribution in [3.05, 3.63) is 23.2 Å². The summed E-state index contributed by atoms with van der Waals surface area (Å²) in [5.74, 6) is -0.123. The minimum Gasteiger partial charge on any atom is -0.397 e. The van der Waals surface area contributed by atoms with E-state index in [1.807, 2.05) is 6.92 Å². The molecule has 2 unspecified atom stereocenters. The van der Waals surface area contributed by atoms with Gasteiger partial charge in [-0.15, -0.1) is 11.8 Å². The summed E-state index contributed by atoms with van der Waals surface area (Å²) in [6, 6.07) is 4.96. The Hall–Kier alpha value is -0.910. The highest BCUT2D eigenvalue weighted by Crippen LogP contribution is 2.24. The fourth-order valence-corrected chi connectivity index (χ4v) is 2.40. The summed E-state index contributed by atoms with van der Waals surface area (Å²) in [5.41, 5.74) is 6.70. The zero-order chi connectivity index (χ0) is 13.7. The second kappa shape index (κ2) is 6.87. The van der Waals surface area contributed by atoms with E-state index in [-0.39, 0.29) is 23.0 Å². The fourth-order valence-electron chi connectivity index (χ4n) is 1.32. The van der Waals surface area contributed by atoms with Gasteiger partial charge < -0.3 is 16.2 Å². The first-order valence-electron chi connectivity index (χ1n) is 5.56. The molecule has 0 aliphatic rings. The number of anilines is 2. The van der Waals surface area contributed by atoms with Crippen LogP contribution in [0.4, 0.5) is 11.4 Å². The minimum atomic E-state index is -0.246. The summed E-state index contributed by atoms with van der Waals surface area (Å²) < 4.78 is 0. The number of carbonyl (C=O) groups is 1. The highest BCUT2D eigenvalue weighted by atomic mass is 35.5. The van der Waals surface area contributed by atoms with E-state index in [0.717, 1.165) is 0 Å². The largest absolute Gasteiger partial charge is 0.397 e. The first-order chi connectivity index (χ1) is 8.43. The van der Waals surface area contributed by atoms with E-state index in [2.05, 4.69) is 5.32 Å². The van der Waals surface area contributed by atoms with Gasteiger partial charge in [0.1, 0.15) is 0 Å². The van der Waals surface area contributed by atoms with Gasteiger partial charge in [0.2, 0.25) is 5.91 Å². The quantitative estimate of drug-likeness (QED) is 0.727. The first-order valence-corrected chi connectivity index (χ1v) is 6.88. The molecule has 1 aromatic carbocycles. The van der Waals surface area contributed by atoms with Crippen molar-refractivity contribution in [3.63, 3.8) is 0 Å². The van der Waals surface area contributed by atoms with Gasteiger partial charge in [-0.2, -0.15) is 0 Å².